The number of nitrogens with one attached hydrogen (secondary N) is 1. The SMILES string of the molecule is CC(=O)O.CC(=O)O.CN(c1cccc(Cl)c1)S(=O)(=O)c1cc(Cl)c(Oc2ccc([N+](=O)[O-])cc2Cl)c(Cl)c1.CNS(=O)(=O)c1cc(Cl)c(Oc2ccc([N+](=O)[O-])cc2Cl)c(Cl)c1.OB(O)c1cccc(Cl)c1.[Cu]. The smallest absolute Gasteiger partial charge is 0.481 e. The van der Waals surface area contributed by atoms with Gasteiger partial charge in [0.05, 0.1) is 55.5 Å². The van der Waals surface area contributed by atoms with Crippen LogP contribution in [-0.4, -0.2) is 80.1 Å². The molecule has 0 aromatic heterocycles. The number of aliphatic carboxylic acids is 2. The number of carboxylic acids is 2. The van der Waals surface area contributed by atoms with E-state index in [9.17, 15) is 37.1 Å². The van der Waals surface area contributed by atoms with Crippen LogP contribution in [-0.2, 0) is 46.7 Å². The van der Waals surface area contributed by atoms with Gasteiger partial charge in [0, 0.05) is 72.3 Å². The molecule has 0 saturated carbocycles. The Morgan fingerprint density at radius 3 is 1.27 bits per heavy atom. The van der Waals surface area contributed by atoms with Crippen LogP contribution in [0.1, 0.15) is 13.8 Å². The van der Waals surface area contributed by atoms with Crippen molar-refractivity contribution in [3.63, 3.8) is 0 Å². The number of nitro benzene ring substituents is 2. The standard InChI is InChI=1S/C19H12Cl4N2O5S.C13H9Cl3N2O5S.C6H6BClO2.2C2H4O2.Cu/c1-24(12-4-2-3-11(20)7-12)31(28,29)14-9-16(22)19(17(23)10-14)30-18-6-5-13(25(26)27)8-15(18)21;1-17-24(21,22)8-5-10(15)13(11(16)6-8)23-12-3-2-7(18(19)20)4-9(12)14;8-6-3-1-2-5(4-6)7(9)10;2*1-2(3)4;/h2-10H,1H3;2-6,17H,1H3;1-4,9-10H;2*1H3,(H,3,4);. The maximum absolute atomic E-state index is 13.0. The number of rotatable bonds is 12. The summed E-state index contributed by atoms with van der Waals surface area (Å²) >= 11 is 48.0. The van der Waals surface area contributed by atoms with Crippen LogP contribution in [0, 0.1) is 20.2 Å². The summed E-state index contributed by atoms with van der Waals surface area (Å²) in [6.45, 7) is 2.17. The molecule has 1 radical (unpaired) electrons. The van der Waals surface area contributed by atoms with Crippen molar-refractivity contribution in [2.75, 3.05) is 18.4 Å². The van der Waals surface area contributed by atoms with Gasteiger partial charge in [-0.25, -0.2) is 21.6 Å². The van der Waals surface area contributed by atoms with Crippen molar-refractivity contribution in [3.8, 4) is 23.0 Å². The third kappa shape index (κ3) is 21.0. The van der Waals surface area contributed by atoms with E-state index in [2.05, 4.69) is 4.72 Å². The minimum atomic E-state index is -4.02. The van der Waals surface area contributed by atoms with Gasteiger partial charge < -0.3 is 29.7 Å². The summed E-state index contributed by atoms with van der Waals surface area (Å²) in [7, 11) is -6.57. The van der Waals surface area contributed by atoms with E-state index in [4.69, 9.17) is 132 Å². The van der Waals surface area contributed by atoms with Crippen LogP contribution in [0.3, 0.4) is 0 Å². The first-order valence-corrected chi connectivity index (χ1v) is 25.2. The van der Waals surface area contributed by atoms with Crippen molar-refractivity contribution in [1.82, 2.24) is 4.72 Å². The summed E-state index contributed by atoms with van der Waals surface area (Å²) in [6.07, 6.45) is 0. The Bertz CT molecular complexity index is 3160. The zero-order valence-electron chi connectivity index (χ0n) is 37.6. The summed E-state index contributed by atoms with van der Waals surface area (Å²) < 4.78 is 63.8. The average Bonchev–Trinajstić information content (AvgIpc) is 3.29. The van der Waals surface area contributed by atoms with E-state index >= 15 is 0 Å². The summed E-state index contributed by atoms with van der Waals surface area (Å²) in [4.78, 5) is 38.0. The second-order valence-electron chi connectivity index (χ2n) is 13.5. The third-order valence-electron chi connectivity index (χ3n) is 8.18. The fraction of sp³-hybridized carbons (Fsp3) is 0.0952. The van der Waals surface area contributed by atoms with Crippen molar-refractivity contribution in [1.29, 1.82) is 0 Å². The zero-order chi connectivity index (χ0) is 55.7. The molecule has 6 aromatic carbocycles. The molecule has 5 N–H and O–H groups in total. The molecule has 401 valence electrons. The molecule has 20 nitrogen and oxygen atoms in total. The molecule has 0 bridgehead atoms. The molecule has 0 amide bonds. The minimum absolute atomic E-state index is 0. The van der Waals surface area contributed by atoms with E-state index in [0.29, 0.717) is 21.2 Å². The quantitative estimate of drug-likeness (QED) is 0.0432. The molecular formula is C42H35BCl8CuN4O16S2. The van der Waals surface area contributed by atoms with Gasteiger partial charge in [-0.2, -0.15) is 0 Å². The molecule has 74 heavy (non-hydrogen) atoms. The van der Waals surface area contributed by atoms with E-state index in [1.165, 1.54) is 62.6 Å². The third-order valence-corrected chi connectivity index (χ3v) is 13.5. The normalized spacial score (nSPS) is 10.4. The molecule has 6 aromatic rings. The number of halogens is 8. The molecule has 0 fully saturated rings. The van der Waals surface area contributed by atoms with Gasteiger partial charge in [0.15, 0.2) is 11.5 Å². The Morgan fingerprint density at radius 2 is 0.959 bits per heavy atom. The van der Waals surface area contributed by atoms with Crippen LogP contribution in [0.2, 0.25) is 40.2 Å². The molecule has 32 heteroatoms. The molecule has 0 aliphatic heterocycles. The van der Waals surface area contributed by atoms with Crippen LogP contribution in [0.15, 0.2) is 119 Å². The van der Waals surface area contributed by atoms with Crippen LogP contribution in [0.5, 0.6) is 23.0 Å². The second kappa shape index (κ2) is 30.6. The van der Waals surface area contributed by atoms with Gasteiger partial charge in [0.1, 0.15) is 11.5 Å². The molecule has 0 unspecified atom stereocenters. The molecule has 0 aliphatic rings. The topological polar surface area (TPSA) is 303 Å². The molecule has 0 spiro atoms. The second-order valence-corrected chi connectivity index (χ2v) is 20.7. The van der Waals surface area contributed by atoms with E-state index in [-0.39, 0.29) is 91.4 Å². The van der Waals surface area contributed by atoms with Gasteiger partial charge >= 0.3 is 7.12 Å². The van der Waals surface area contributed by atoms with Crippen molar-refractivity contribution < 1.29 is 83.1 Å². The first-order chi connectivity index (χ1) is 33.8. The molecule has 0 saturated heterocycles. The number of non-ortho nitro benzene ring substituents is 2. The number of nitro groups is 2. The van der Waals surface area contributed by atoms with Gasteiger partial charge in [-0.3, -0.25) is 34.1 Å². The number of carbonyl (C=O) groups is 2. The van der Waals surface area contributed by atoms with E-state index in [0.717, 1.165) is 42.4 Å². The maximum Gasteiger partial charge on any atom is 0.488 e. The van der Waals surface area contributed by atoms with Gasteiger partial charge in [0.2, 0.25) is 10.0 Å². The number of nitrogens with zero attached hydrogens (tertiary/aromatic N) is 3. The van der Waals surface area contributed by atoms with Crippen molar-refractivity contribution in [3.05, 3.63) is 170 Å². The average molecular weight is 1270 g/mol. The summed E-state index contributed by atoms with van der Waals surface area (Å²) in [6, 6.07) is 24.6. The van der Waals surface area contributed by atoms with Crippen LogP contribution in [0.4, 0.5) is 17.1 Å². The zero-order valence-corrected chi connectivity index (χ0v) is 46.3. The van der Waals surface area contributed by atoms with Crippen molar-refractivity contribution in [2.45, 2.75) is 23.6 Å². The Balaban J connectivity index is 0.000000558. The number of sulfonamides is 2. The number of carboxylic acid groups (broad SMARTS) is 2. The first kappa shape index (κ1) is 67.2. The number of benzene rings is 6. The predicted molar refractivity (Wildman–Crippen MR) is 280 cm³/mol. The summed E-state index contributed by atoms with van der Waals surface area (Å²) in [5.41, 5.74) is 0.324. The Morgan fingerprint density at radius 1 is 0.595 bits per heavy atom. The van der Waals surface area contributed by atoms with E-state index in [1.54, 1.807) is 36.4 Å². The maximum atomic E-state index is 13.0. The number of hydrogen-bond acceptors (Lipinski definition) is 14. The number of anilines is 1. The molecule has 0 atom stereocenters. The number of ether oxygens (including phenoxy) is 2. The van der Waals surface area contributed by atoms with Crippen molar-refractivity contribution >= 4 is 154 Å². The van der Waals surface area contributed by atoms with Gasteiger partial charge in [0.25, 0.3) is 33.3 Å². The molecular weight excluding hydrogens is 1240 g/mol. The number of hydrogen-bond donors (Lipinski definition) is 5. The predicted octanol–water partition coefficient (Wildman–Crippen LogP) is 11.3. The molecule has 0 aliphatic carbocycles. The minimum Gasteiger partial charge on any atom is -0.481 e. The van der Waals surface area contributed by atoms with E-state index < -0.39 is 49.0 Å². The van der Waals surface area contributed by atoms with E-state index in [1.807, 2.05) is 0 Å². The van der Waals surface area contributed by atoms with Crippen LogP contribution < -0.4 is 24.0 Å². The monoisotopic (exact) mass is 1270 g/mol. The summed E-state index contributed by atoms with van der Waals surface area (Å²) in [5, 5.41) is 54.1. The fourth-order valence-electron chi connectivity index (χ4n) is 4.92. The van der Waals surface area contributed by atoms with Crippen LogP contribution >= 0.6 is 92.8 Å². The van der Waals surface area contributed by atoms with Crippen molar-refractivity contribution in [2.24, 2.45) is 0 Å². The largest absolute Gasteiger partial charge is 0.488 e. The summed E-state index contributed by atoms with van der Waals surface area (Å²) in [5.74, 6) is -1.61. The Labute approximate surface area is 473 Å². The van der Waals surface area contributed by atoms with Gasteiger partial charge in [-0.15, -0.1) is 0 Å². The fourth-order valence-corrected chi connectivity index (χ4v) is 9.14. The molecule has 0 heterocycles. The Kier molecular flexibility index (Phi) is 27.8. The first-order valence-electron chi connectivity index (χ1n) is 19.2. The van der Waals surface area contributed by atoms with Crippen LogP contribution in [0.25, 0.3) is 0 Å². The van der Waals surface area contributed by atoms with Gasteiger partial charge in [-0.1, -0.05) is 111 Å². The Hall–Kier alpha value is -4.86. The van der Waals surface area contributed by atoms with Gasteiger partial charge in [-0.05, 0) is 79.2 Å². The molecule has 6 rings (SSSR count).